The number of amides is 2. The van der Waals surface area contributed by atoms with Crippen molar-refractivity contribution in [3.63, 3.8) is 0 Å². The molecule has 3 aromatic rings. The lowest BCUT2D eigenvalue weighted by atomic mass is 10.0. The van der Waals surface area contributed by atoms with Crippen LogP contribution in [0.5, 0.6) is 0 Å². The molecule has 0 aliphatic carbocycles. The quantitative estimate of drug-likeness (QED) is 0.599. The molecule has 0 radical (unpaired) electrons. The Labute approximate surface area is 177 Å². The molecular weight excluding hydrogens is 436 g/mol. The standard InChI is InChI=1S/C19H14F4N6O3/c1-9(30)24-6-12-7-28(19(31)32-12)11-4-13(20)17(14(21)5-11)10-2-15(22)18(16(23)3-10)29-8-25-26-27-29/h2-5,8,12H,6-7H2,1H3,(H,24,30). The van der Waals surface area contributed by atoms with Gasteiger partial charge < -0.3 is 10.1 Å². The molecule has 2 amide bonds. The number of tetrazole rings is 1. The Balaban J connectivity index is 1.64. The van der Waals surface area contributed by atoms with E-state index >= 15 is 0 Å². The number of cyclic esters (lactones) is 1. The molecule has 0 bridgehead atoms. The Morgan fingerprint density at radius 3 is 2.34 bits per heavy atom. The lowest BCUT2D eigenvalue weighted by molar-refractivity contribution is -0.119. The second-order valence-corrected chi connectivity index (χ2v) is 6.88. The van der Waals surface area contributed by atoms with Crippen LogP contribution in [-0.2, 0) is 9.53 Å². The topological polar surface area (TPSA) is 102 Å². The maximum atomic E-state index is 14.8. The maximum absolute atomic E-state index is 14.8. The van der Waals surface area contributed by atoms with Crippen LogP contribution in [0, 0.1) is 23.3 Å². The minimum absolute atomic E-state index is 0.0345. The molecule has 9 nitrogen and oxygen atoms in total. The number of hydrogen-bond donors (Lipinski definition) is 1. The van der Waals surface area contributed by atoms with E-state index in [1.54, 1.807) is 0 Å². The molecule has 1 aromatic heterocycles. The van der Waals surface area contributed by atoms with Crippen LogP contribution in [0.1, 0.15) is 6.92 Å². The number of rotatable bonds is 5. The van der Waals surface area contributed by atoms with E-state index in [-0.39, 0.29) is 24.7 Å². The maximum Gasteiger partial charge on any atom is 0.414 e. The monoisotopic (exact) mass is 450 g/mol. The van der Waals surface area contributed by atoms with Gasteiger partial charge in [0.1, 0.15) is 29.8 Å². The average Bonchev–Trinajstić information content (AvgIpc) is 3.35. The zero-order valence-electron chi connectivity index (χ0n) is 16.4. The predicted octanol–water partition coefficient (Wildman–Crippen LogP) is 2.35. The van der Waals surface area contributed by atoms with Gasteiger partial charge in [-0.3, -0.25) is 9.69 Å². The summed E-state index contributed by atoms with van der Waals surface area (Å²) < 4.78 is 64.4. The second-order valence-electron chi connectivity index (χ2n) is 6.88. The van der Waals surface area contributed by atoms with E-state index in [0.717, 1.165) is 40.2 Å². The van der Waals surface area contributed by atoms with Crippen LogP contribution in [0.2, 0.25) is 0 Å². The number of halogens is 4. The van der Waals surface area contributed by atoms with E-state index in [1.165, 1.54) is 6.92 Å². The molecule has 0 spiro atoms. The van der Waals surface area contributed by atoms with Crippen molar-refractivity contribution < 1.29 is 31.9 Å². The predicted molar refractivity (Wildman–Crippen MR) is 101 cm³/mol. The summed E-state index contributed by atoms with van der Waals surface area (Å²) in [4.78, 5) is 24.1. The normalized spacial score (nSPS) is 15.7. The Morgan fingerprint density at radius 2 is 1.78 bits per heavy atom. The van der Waals surface area contributed by atoms with Gasteiger partial charge in [-0.05, 0) is 40.3 Å². The van der Waals surface area contributed by atoms with Gasteiger partial charge in [0.2, 0.25) is 5.91 Å². The fourth-order valence-corrected chi connectivity index (χ4v) is 3.28. The van der Waals surface area contributed by atoms with Gasteiger partial charge in [0.05, 0.1) is 24.3 Å². The largest absolute Gasteiger partial charge is 0.442 e. The number of carbonyl (C=O) groups is 2. The molecule has 1 N–H and O–H groups in total. The van der Waals surface area contributed by atoms with Crippen LogP contribution >= 0.6 is 0 Å². The van der Waals surface area contributed by atoms with Gasteiger partial charge >= 0.3 is 6.09 Å². The van der Waals surface area contributed by atoms with E-state index in [2.05, 4.69) is 20.8 Å². The molecule has 166 valence electrons. The van der Waals surface area contributed by atoms with Crippen LogP contribution in [-0.4, -0.2) is 51.4 Å². The van der Waals surface area contributed by atoms with Gasteiger partial charge in [-0.1, -0.05) is 0 Å². The molecule has 2 aromatic carbocycles. The first-order valence-corrected chi connectivity index (χ1v) is 9.19. The first kappa shape index (κ1) is 21.2. The Morgan fingerprint density at radius 1 is 1.12 bits per heavy atom. The van der Waals surface area contributed by atoms with E-state index in [1.807, 2.05) is 0 Å². The Bertz CT molecular complexity index is 1160. The molecule has 1 atom stereocenters. The summed E-state index contributed by atoms with van der Waals surface area (Å²) in [6.07, 6.45) is -0.597. The minimum atomic E-state index is -1.15. The number of aromatic nitrogens is 4. The summed E-state index contributed by atoms with van der Waals surface area (Å²) >= 11 is 0. The van der Waals surface area contributed by atoms with E-state index < -0.39 is 52.3 Å². The van der Waals surface area contributed by atoms with Gasteiger partial charge in [0, 0.05) is 6.92 Å². The summed E-state index contributed by atoms with van der Waals surface area (Å²) in [5, 5.41) is 12.4. The van der Waals surface area contributed by atoms with Gasteiger partial charge in [0.15, 0.2) is 11.6 Å². The summed E-state index contributed by atoms with van der Waals surface area (Å²) in [6, 6.07) is 3.20. The van der Waals surface area contributed by atoms with Crippen molar-refractivity contribution in [3.05, 3.63) is 53.9 Å². The van der Waals surface area contributed by atoms with Crippen molar-refractivity contribution in [2.75, 3.05) is 18.0 Å². The number of hydrogen-bond acceptors (Lipinski definition) is 6. The molecular formula is C19H14F4N6O3. The lowest BCUT2D eigenvalue weighted by Crippen LogP contribution is -2.33. The summed E-state index contributed by atoms with van der Waals surface area (Å²) in [6.45, 7) is 1.27. The smallest absolute Gasteiger partial charge is 0.414 e. The van der Waals surface area contributed by atoms with Crippen molar-refractivity contribution in [1.29, 1.82) is 0 Å². The highest BCUT2D eigenvalue weighted by Gasteiger charge is 2.33. The Kier molecular flexibility index (Phi) is 5.47. The number of carbonyl (C=O) groups excluding carboxylic acids is 2. The summed E-state index contributed by atoms with van der Waals surface area (Å²) in [5.41, 5.74) is -1.84. The molecule has 1 unspecified atom stereocenters. The van der Waals surface area contributed by atoms with Crippen molar-refractivity contribution in [1.82, 2.24) is 25.5 Å². The zero-order valence-corrected chi connectivity index (χ0v) is 16.4. The molecule has 4 rings (SSSR count). The van der Waals surface area contributed by atoms with Crippen LogP contribution in [0.4, 0.5) is 28.0 Å². The molecule has 13 heteroatoms. The SMILES string of the molecule is CC(=O)NCC1CN(c2cc(F)c(-c3cc(F)c(-n4cnnn4)c(F)c3)c(F)c2)C(=O)O1. The van der Waals surface area contributed by atoms with Crippen molar-refractivity contribution >= 4 is 17.7 Å². The van der Waals surface area contributed by atoms with E-state index in [4.69, 9.17) is 4.74 Å². The van der Waals surface area contributed by atoms with E-state index in [0.29, 0.717) is 0 Å². The van der Waals surface area contributed by atoms with Crippen molar-refractivity contribution in [2.45, 2.75) is 13.0 Å². The first-order valence-electron chi connectivity index (χ1n) is 9.19. The molecule has 2 heterocycles. The third kappa shape index (κ3) is 3.96. The third-order valence-corrected chi connectivity index (χ3v) is 4.67. The van der Waals surface area contributed by atoms with Crippen molar-refractivity contribution in [2.24, 2.45) is 0 Å². The third-order valence-electron chi connectivity index (χ3n) is 4.67. The van der Waals surface area contributed by atoms with Crippen LogP contribution in [0.25, 0.3) is 16.8 Å². The number of anilines is 1. The van der Waals surface area contributed by atoms with Crippen LogP contribution in [0.15, 0.2) is 30.6 Å². The molecule has 0 saturated carbocycles. The number of nitrogens with zero attached hydrogens (tertiary/aromatic N) is 5. The molecule has 32 heavy (non-hydrogen) atoms. The molecule has 1 aliphatic heterocycles. The fraction of sp³-hybridized carbons (Fsp3) is 0.211. The molecule has 1 saturated heterocycles. The first-order chi connectivity index (χ1) is 15.2. The number of ether oxygens (including phenoxy) is 1. The highest BCUT2D eigenvalue weighted by molar-refractivity contribution is 5.90. The summed E-state index contributed by atoms with van der Waals surface area (Å²) in [7, 11) is 0. The fourth-order valence-electron chi connectivity index (χ4n) is 3.28. The molecule has 1 aliphatic rings. The number of benzene rings is 2. The van der Waals surface area contributed by atoms with Crippen molar-refractivity contribution in [3.8, 4) is 16.8 Å². The summed E-state index contributed by atoms with van der Waals surface area (Å²) in [5.74, 6) is -4.90. The highest BCUT2D eigenvalue weighted by atomic mass is 19.1. The van der Waals surface area contributed by atoms with Crippen LogP contribution in [0.3, 0.4) is 0 Å². The highest BCUT2D eigenvalue weighted by Crippen LogP contribution is 2.34. The second kappa shape index (κ2) is 8.24. The van der Waals surface area contributed by atoms with Gasteiger partial charge in [0.25, 0.3) is 0 Å². The van der Waals surface area contributed by atoms with Gasteiger partial charge in [-0.2, -0.15) is 4.68 Å². The van der Waals surface area contributed by atoms with Gasteiger partial charge in [-0.15, -0.1) is 5.10 Å². The average molecular weight is 450 g/mol. The lowest BCUT2D eigenvalue weighted by Gasteiger charge is -2.16. The minimum Gasteiger partial charge on any atom is -0.442 e. The number of nitrogens with one attached hydrogen (secondary N) is 1. The Hall–Kier alpha value is -4.03. The van der Waals surface area contributed by atoms with Crippen LogP contribution < -0.4 is 10.2 Å². The van der Waals surface area contributed by atoms with E-state index in [9.17, 15) is 27.2 Å². The van der Waals surface area contributed by atoms with Gasteiger partial charge in [-0.25, -0.2) is 22.4 Å². The zero-order chi connectivity index (χ0) is 23.0. The molecule has 1 fully saturated rings.